The zero-order valence-corrected chi connectivity index (χ0v) is 14.1. The van der Waals surface area contributed by atoms with Crippen LogP contribution in [0, 0.1) is 6.92 Å². The van der Waals surface area contributed by atoms with Gasteiger partial charge in [0.05, 0.1) is 0 Å². The molecule has 0 spiro atoms. The number of rotatable bonds is 5. The number of anilines is 1. The molecule has 6 heteroatoms. The number of ether oxygens (including phenoxy) is 1. The molecular formula is C18H20N2O4. The predicted molar refractivity (Wildman–Crippen MR) is 90.1 cm³/mol. The van der Waals surface area contributed by atoms with Crippen LogP contribution in [0.15, 0.2) is 36.5 Å². The Morgan fingerprint density at radius 1 is 1.17 bits per heavy atom. The van der Waals surface area contributed by atoms with E-state index in [-0.39, 0.29) is 11.5 Å². The van der Waals surface area contributed by atoms with Gasteiger partial charge in [0.15, 0.2) is 11.9 Å². The molecule has 2 rings (SSSR count). The summed E-state index contributed by atoms with van der Waals surface area (Å²) in [6, 6.07) is 8.75. The molecule has 1 amide bonds. The van der Waals surface area contributed by atoms with Gasteiger partial charge in [-0.2, -0.15) is 0 Å². The third kappa shape index (κ3) is 4.10. The number of carbonyl (C=O) groups is 3. The van der Waals surface area contributed by atoms with E-state index in [0.29, 0.717) is 11.3 Å². The minimum Gasteiger partial charge on any atom is -0.448 e. The molecule has 0 aliphatic heterocycles. The Bertz CT molecular complexity index is 775. The number of ketones is 1. The van der Waals surface area contributed by atoms with Gasteiger partial charge in [0.1, 0.15) is 5.69 Å². The average molecular weight is 328 g/mol. The Morgan fingerprint density at radius 3 is 2.33 bits per heavy atom. The van der Waals surface area contributed by atoms with Crippen molar-refractivity contribution in [2.75, 3.05) is 5.32 Å². The normalized spacial score (nSPS) is 11.7. The van der Waals surface area contributed by atoms with E-state index in [1.807, 2.05) is 19.1 Å². The number of esters is 1. The molecule has 1 atom stereocenters. The lowest BCUT2D eigenvalue weighted by molar-refractivity contribution is -0.123. The van der Waals surface area contributed by atoms with Crippen LogP contribution in [0.2, 0.25) is 0 Å². The van der Waals surface area contributed by atoms with Gasteiger partial charge in [0, 0.05) is 24.5 Å². The third-order valence-electron chi connectivity index (χ3n) is 3.59. The molecule has 0 radical (unpaired) electrons. The van der Waals surface area contributed by atoms with Crippen molar-refractivity contribution in [3.8, 4) is 0 Å². The number of hydrogen-bond acceptors (Lipinski definition) is 4. The molecule has 0 aliphatic rings. The first-order chi connectivity index (χ1) is 11.3. The van der Waals surface area contributed by atoms with Crippen molar-refractivity contribution in [3.05, 3.63) is 53.3 Å². The number of nitrogens with zero attached hydrogens (tertiary/aromatic N) is 1. The smallest absolute Gasteiger partial charge is 0.355 e. The van der Waals surface area contributed by atoms with Gasteiger partial charge in [0.2, 0.25) is 0 Å². The van der Waals surface area contributed by atoms with Crippen LogP contribution in [-0.4, -0.2) is 28.3 Å². The van der Waals surface area contributed by atoms with Crippen LogP contribution in [0.4, 0.5) is 5.69 Å². The zero-order chi connectivity index (χ0) is 17.9. The first kappa shape index (κ1) is 17.5. The molecule has 0 fully saturated rings. The summed E-state index contributed by atoms with van der Waals surface area (Å²) in [7, 11) is 1.64. The minimum absolute atomic E-state index is 0.144. The summed E-state index contributed by atoms with van der Waals surface area (Å²) in [6.07, 6.45) is 0.588. The minimum atomic E-state index is -0.963. The first-order valence-corrected chi connectivity index (χ1v) is 7.53. The van der Waals surface area contributed by atoms with E-state index in [2.05, 4.69) is 5.32 Å². The first-order valence-electron chi connectivity index (χ1n) is 7.53. The van der Waals surface area contributed by atoms with E-state index in [0.717, 1.165) is 5.56 Å². The molecule has 0 unspecified atom stereocenters. The molecule has 0 aliphatic carbocycles. The maximum atomic E-state index is 12.2. The molecule has 1 N–H and O–H groups in total. The second kappa shape index (κ2) is 7.12. The quantitative estimate of drug-likeness (QED) is 0.676. The van der Waals surface area contributed by atoms with Gasteiger partial charge in [0.25, 0.3) is 5.91 Å². The molecule has 24 heavy (non-hydrogen) atoms. The predicted octanol–water partition coefficient (Wildman–Crippen LogP) is 2.72. The van der Waals surface area contributed by atoms with Crippen LogP contribution in [0.25, 0.3) is 0 Å². The van der Waals surface area contributed by atoms with Gasteiger partial charge in [-0.1, -0.05) is 17.7 Å². The summed E-state index contributed by atoms with van der Waals surface area (Å²) in [5, 5.41) is 2.69. The van der Waals surface area contributed by atoms with Crippen molar-refractivity contribution in [1.29, 1.82) is 0 Å². The van der Waals surface area contributed by atoms with Crippen LogP contribution < -0.4 is 5.32 Å². The van der Waals surface area contributed by atoms with Crippen molar-refractivity contribution in [3.63, 3.8) is 0 Å². The van der Waals surface area contributed by atoms with E-state index < -0.39 is 18.0 Å². The van der Waals surface area contributed by atoms with Crippen LogP contribution in [0.1, 0.15) is 40.3 Å². The van der Waals surface area contributed by atoms with Gasteiger partial charge >= 0.3 is 5.97 Å². The monoisotopic (exact) mass is 328 g/mol. The fraction of sp³-hybridized carbons (Fsp3) is 0.278. The number of hydrogen-bond donors (Lipinski definition) is 1. The highest BCUT2D eigenvalue weighted by molar-refractivity contribution is 5.99. The molecule has 1 heterocycles. The van der Waals surface area contributed by atoms with Crippen molar-refractivity contribution >= 4 is 23.3 Å². The largest absolute Gasteiger partial charge is 0.448 e. The molecule has 1 aromatic heterocycles. The summed E-state index contributed by atoms with van der Waals surface area (Å²) in [5.74, 6) is -1.22. The average Bonchev–Trinajstić information content (AvgIpc) is 2.91. The molecular weight excluding hydrogens is 308 g/mol. The maximum absolute atomic E-state index is 12.2. The molecule has 0 bridgehead atoms. The highest BCUT2D eigenvalue weighted by atomic mass is 16.5. The van der Waals surface area contributed by atoms with Crippen molar-refractivity contribution in [2.45, 2.75) is 26.9 Å². The second-order valence-electron chi connectivity index (χ2n) is 5.68. The Hall–Kier alpha value is -2.89. The number of Topliss-reactive ketones (excluding diaryl/α,β-unsaturated/α-hetero) is 1. The SMILES string of the molecule is CC(=O)c1cc(C(=O)O[C@H](C)C(=O)Nc2ccc(C)cc2)n(C)c1. The van der Waals surface area contributed by atoms with Gasteiger partial charge in [-0.15, -0.1) is 0 Å². The van der Waals surface area contributed by atoms with Crippen molar-refractivity contribution < 1.29 is 19.1 Å². The maximum Gasteiger partial charge on any atom is 0.355 e. The fourth-order valence-corrected chi connectivity index (χ4v) is 2.12. The molecule has 0 saturated heterocycles. The van der Waals surface area contributed by atoms with Crippen LogP contribution >= 0.6 is 0 Å². The van der Waals surface area contributed by atoms with Crippen LogP contribution in [0.3, 0.4) is 0 Å². The lowest BCUT2D eigenvalue weighted by atomic mass is 10.2. The van der Waals surface area contributed by atoms with Crippen LogP contribution in [-0.2, 0) is 16.6 Å². The molecule has 0 saturated carbocycles. The van der Waals surface area contributed by atoms with Crippen molar-refractivity contribution in [1.82, 2.24) is 4.57 Å². The van der Waals surface area contributed by atoms with E-state index in [9.17, 15) is 14.4 Å². The highest BCUT2D eigenvalue weighted by Crippen LogP contribution is 2.13. The molecule has 2 aromatic rings. The third-order valence-corrected chi connectivity index (χ3v) is 3.59. The van der Waals surface area contributed by atoms with Crippen molar-refractivity contribution in [2.24, 2.45) is 7.05 Å². The van der Waals surface area contributed by atoms with Gasteiger partial charge in [-0.25, -0.2) is 4.79 Å². The highest BCUT2D eigenvalue weighted by Gasteiger charge is 2.21. The summed E-state index contributed by atoms with van der Waals surface area (Å²) in [4.78, 5) is 35.7. The van der Waals surface area contributed by atoms with E-state index in [1.54, 1.807) is 25.4 Å². The number of nitrogens with one attached hydrogen (secondary N) is 1. The van der Waals surface area contributed by atoms with Gasteiger partial charge in [-0.05, 0) is 39.0 Å². The summed E-state index contributed by atoms with van der Waals surface area (Å²) >= 11 is 0. The van der Waals surface area contributed by atoms with Gasteiger partial charge < -0.3 is 14.6 Å². The lowest BCUT2D eigenvalue weighted by Crippen LogP contribution is -2.30. The second-order valence-corrected chi connectivity index (χ2v) is 5.68. The summed E-state index contributed by atoms with van der Waals surface area (Å²) in [5.41, 5.74) is 2.35. The Labute approximate surface area is 140 Å². The topological polar surface area (TPSA) is 77.4 Å². The Morgan fingerprint density at radius 2 is 1.79 bits per heavy atom. The number of amides is 1. The van der Waals surface area contributed by atoms with E-state index >= 15 is 0 Å². The number of aryl methyl sites for hydroxylation is 2. The van der Waals surface area contributed by atoms with Crippen LogP contribution in [0.5, 0.6) is 0 Å². The number of benzene rings is 1. The number of carbonyl (C=O) groups excluding carboxylic acids is 3. The van der Waals surface area contributed by atoms with E-state index in [4.69, 9.17) is 4.74 Å². The standard InChI is InChI=1S/C18H20N2O4/c1-11-5-7-15(8-6-11)19-17(22)13(3)24-18(23)16-9-14(12(2)21)10-20(16)4/h5-10,13H,1-4H3,(H,19,22)/t13-/m1/s1. The summed E-state index contributed by atoms with van der Waals surface area (Å²) in [6.45, 7) is 4.86. The zero-order valence-electron chi connectivity index (χ0n) is 14.1. The fourth-order valence-electron chi connectivity index (χ4n) is 2.12. The Kier molecular flexibility index (Phi) is 5.18. The molecule has 126 valence electrons. The van der Waals surface area contributed by atoms with Gasteiger partial charge in [-0.3, -0.25) is 9.59 Å². The molecule has 6 nitrogen and oxygen atoms in total. The molecule has 1 aromatic carbocycles. The van der Waals surface area contributed by atoms with E-state index in [1.165, 1.54) is 24.5 Å². The number of aromatic nitrogens is 1. The summed E-state index contributed by atoms with van der Waals surface area (Å²) < 4.78 is 6.69. The Balaban J connectivity index is 2.01. The lowest BCUT2D eigenvalue weighted by Gasteiger charge is -2.14.